The lowest BCUT2D eigenvalue weighted by molar-refractivity contribution is 0.0698. The SMILES string of the molecule is C=C1CCN(C(=O)c2cc(OC)c(OC)cc2NC(=O)OCC(Cl)(Cl)Cl)[C@@H]1CO. The van der Waals surface area contributed by atoms with E-state index in [0.717, 1.165) is 5.57 Å². The fraction of sp³-hybridized carbons (Fsp3) is 0.444. The number of aliphatic hydroxyl groups excluding tert-OH is 1. The molecule has 0 bridgehead atoms. The summed E-state index contributed by atoms with van der Waals surface area (Å²) in [4.78, 5) is 26.8. The number of carbonyl (C=O) groups excluding carboxylic acids is 2. The molecule has 160 valence electrons. The van der Waals surface area contributed by atoms with Crippen molar-refractivity contribution in [3.8, 4) is 11.5 Å². The second-order valence-corrected chi connectivity index (χ2v) is 8.69. The maximum absolute atomic E-state index is 13.2. The number of likely N-dealkylation sites (tertiary alicyclic amines) is 1. The van der Waals surface area contributed by atoms with Gasteiger partial charge in [0.1, 0.15) is 6.61 Å². The van der Waals surface area contributed by atoms with Gasteiger partial charge in [-0.15, -0.1) is 0 Å². The van der Waals surface area contributed by atoms with Crippen LogP contribution in [0.3, 0.4) is 0 Å². The molecule has 1 aromatic carbocycles. The molecule has 8 nitrogen and oxygen atoms in total. The lowest BCUT2D eigenvalue weighted by Gasteiger charge is -2.25. The molecule has 1 fully saturated rings. The Hall–Kier alpha value is -1.87. The standard InChI is InChI=1S/C18H21Cl3N2O6/c1-10-4-5-23(13(10)8-24)16(25)11-6-14(27-2)15(28-3)7-12(11)22-17(26)29-9-18(19,20)21/h6-7,13,24H,1,4-5,8-9H2,2-3H3,(H,22,26)/t13-/m1/s1. The first-order valence-electron chi connectivity index (χ1n) is 8.47. The molecule has 2 amide bonds. The molecule has 1 aliphatic rings. The second-order valence-electron chi connectivity index (χ2n) is 6.17. The van der Waals surface area contributed by atoms with Crippen LogP contribution < -0.4 is 14.8 Å². The molecule has 0 aliphatic carbocycles. The van der Waals surface area contributed by atoms with Gasteiger partial charge in [0.15, 0.2) is 11.5 Å². The zero-order chi connectivity index (χ0) is 21.8. The van der Waals surface area contributed by atoms with E-state index in [-0.39, 0.29) is 29.4 Å². The van der Waals surface area contributed by atoms with E-state index in [1.54, 1.807) is 0 Å². The van der Waals surface area contributed by atoms with Crippen LogP contribution in [0.25, 0.3) is 0 Å². The molecule has 1 aliphatic heterocycles. The smallest absolute Gasteiger partial charge is 0.411 e. The first-order chi connectivity index (χ1) is 13.6. The summed E-state index contributed by atoms with van der Waals surface area (Å²) in [5, 5.41) is 12.1. The molecule has 0 unspecified atom stereocenters. The number of amides is 2. The molecular weight excluding hydrogens is 447 g/mol. The molecule has 11 heteroatoms. The highest BCUT2D eigenvalue weighted by Gasteiger charge is 2.33. The van der Waals surface area contributed by atoms with Crippen LogP contribution in [0.5, 0.6) is 11.5 Å². The minimum absolute atomic E-state index is 0.108. The maximum Gasteiger partial charge on any atom is 0.411 e. The van der Waals surface area contributed by atoms with E-state index >= 15 is 0 Å². The number of ether oxygens (including phenoxy) is 3. The summed E-state index contributed by atoms with van der Waals surface area (Å²) < 4.78 is 13.6. The number of carbonyl (C=O) groups is 2. The highest BCUT2D eigenvalue weighted by Crippen LogP contribution is 2.36. The molecule has 1 aromatic rings. The van der Waals surface area contributed by atoms with Gasteiger partial charge in [0.2, 0.25) is 3.79 Å². The molecule has 0 spiro atoms. The van der Waals surface area contributed by atoms with Gasteiger partial charge in [0.25, 0.3) is 5.91 Å². The van der Waals surface area contributed by atoms with Gasteiger partial charge in [-0.2, -0.15) is 0 Å². The summed E-state index contributed by atoms with van der Waals surface area (Å²) in [7, 11) is 2.83. The zero-order valence-corrected chi connectivity index (χ0v) is 18.1. The summed E-state index contributed by atoms with van der Waals surface area (Å²) in [5.41, 5.74) is 0.968. The summed E-state index contributed by atoms with van der Waals surface area (Å²) in [6.07, 6.45) is -0.361. The van der Waals surface area contributed by atoms with Gasteiger partial charge in [-0.1, -0.05) is 47.0 Å². The van der Waals surface area contributed by atoms with E-state index in [1.165, 1.54) is 31.3 Å². The lowest BCUT2D eigenvalue weighted by atomic mass is 10.1. The van der Waals surface area contributed by atoms with Crippen LogP contribution in [0.2, 0.25) is 0 Å². The zero-order valence-electron chi connectivity index (χ0n) is 15.8. The highest BCUT2D eigenvalue weighted by atomic mass is 35.6. The van der Waals surface area contributed by atoms with Gasteiger partial charge in [-0.3, -0.25) is 10.1 Å². The Morgan fingerprint density at radius 1 is 1.28 bits per heavy atom. The van der Waals surface area contributed by atoms with Gasteiger partial charge in [0.05, 0.1) is 38.1 Å². The van der Waals surface area contributed by atoms with Crippen LogP contribution >= 0.6 is 34.8 Å². The van der Waals surface area contributed by atoms with Gasteiger partial charge >= 0.3 is 6.09 Å². The number of methoxy groups -OCH3 is 2. The summed E-state index contributed by atoms with van der Waals surface area (Å²) in [5.74, 6) is 0.139. The molecule has 1 atom stereocenters. The third-order valence-electron chi connectivity index (χ3n) is 4.31. The summed E-state index contributed by atoms with van der Waals surface area (Å²) >= 11 is 16.7. The fourth-order valence-corrected chi connectivity index (χ4v) is 3.05. The van der Waals surface area contributed by atoms with E-state index in [2.05, 4.69) is 11.9 Å². The summed E-state index contributed by atoms with van der Waals surface area (Å²) in [6, 6.07) is 2.34. The van der Waals surface area contributed by atoms with Crippen LogP contribution in [-0.2, 0) is 4.74 Å². The van der Waals surface area contributed by atoms with Crippen molar-refractivity contribution >= 4 is 52.5 Å². The van der Waals surface area contributed by atoms with Crippen molar-refractivity contribution in [1.82, 2.24) is 4.90 Å². The summed E-state index contributed by atoms with van der Waals surface area (Å²) in [6.45, 7) is 3.52. The Morgan fingerprint density at radius 2 is 1.90 bits per heavy atom. The van der Waals surface area contributed by atoms with Gasteiger partial charge < -0.3 is 24.2 Å². The minimum atomic E-state index is -1.78. The third-order valence-corrected chi connectivity index (χ3v) is 4.64. The van der Waals surface area contributed by atoms with E-state index in [1.807, 2.05) is 0 Å². The maximum atomic E-state index is 13.2. The molecule has 0 radical (unpaired) electrons. The van der Waals surface area contributed by atoms with Crippen molar-refractivity contribution in [1.29, 1.82) is 0 Å². The number of hydrogen-bond acceptors (Lipinski definition) is 6. The van der Waals surface area contributed by atoms with Crippen LogP contribution in [-0.4, -0.2) is 65.8 Å². The lowest BCUT2D eigenvalue weighted by Crippen LogP contribution is -2.38. The highest BCUT2D eigenvalue weighted by molar-refractivity contribution is 6.67. The fourth-order valence-electron chi connectivity index (χ4n) is 2.89. The number of alkyl halides is 3. The van der Waals surface area contributed by atoms with E-state index < -0.39 is 28.4 Å². The number of benzene rings is 1. The second kappa shape index (κ2) is 9.75. The van der Waals surface area contributed by atoms with Crippen LogP contribution in [0.15, 0.2) is 24.3 Å². The number of aliphatic hydroxyl groups is 1. The topological polar surface area (TPSA) is 97.3 Å². The van der Waals surface area contributed by atoms with Crippen molar-refractivity contribution in [2.24, 2.45) is 0 Å². The quantitative estimate of drug-likeness (QED) is 0.492. The number of nitrogens with zero attached hydrogens (tertiary/aromatic N) is 1. The van der Waals surface area contributed by atoms with Gasteiger partial charge in [-0.25, -0.2) is 4.79 Å². The number of hydrogen-bond donors (Lipinski definition) is 2. The molecular formula is C18H21Cl3N2O6. The largest absolute Gasteiger partial charge is 0.493 e. The number of nitrogens with one attached hydrogen (secondary N) is 1. The Morgan fingerprint density at radius 3 is 2.45 bits per heavy atom. The van der Waals surface area contributed by atoms with Gasteiger partial charge in [-0.05, 0) is 12.5 Å². The molecule has 0 aromatic heterocycles. The molecule has 1 saturated heterocycles. The Balaban J connectivity index is 2.37. The Labute approximate surface area is 183 Å². The number of anilines is 1. The van der Waals surface area contributed by atoms with Crippen molar-refractivity contribution in [2.45, 2.75) is 16.3 Å². The van der Waals surface area contributed by atoms with E-state index in [4.69, 9.17) is 49.0 Å². The molecule has 0 saturated carbocycles. The first-order valence-corrected chi connectivity index (χ1v) is 9.60. The first kappa shape index (κ1) is 23.4. The van der Waals surface area contributed by atoms with Gasteiger partial charge in [0, 0.05) is 12.6 Å². The molecule has 29 heavy (non-hydrogen) atoms. The normalized spacial score (nSPS) is 16.6. The predicted molar refractivity (Wildman–Crippen MR) is 110 cm³/mol. The molecule has 1 heterocycles. The van der Waals surface area contributed by atoms with E-state index in [9.17, 15) is 14.7 Å². The van der Waals surface area contributed by atoms with E-state index in [0.29, 0.717) is 13.0 Å². The average molecular weight is 468 g/mol. The minimum Gasteiger partial charge on any atom is -0.493 e. The van der Waals surface area contributed by atoms with Crippen molar-refractivity contribution in [2.75, 3.05) is 39.3 Å². The predicted octanol–water partition coefficient (Wildman–Crippen LogP) is 3.39. The van der Waals surface area contributed by atoms with Crippen molar-refractivity contribution in [3.63, 3.8) is 0 Å². The average Bonchev–Trinajstić information content (AvgIpc) is 3.05. The number of halogens is 3. The van der Waals surface area contributed by atoms with Crippen LogP contribution in [0.1, 0.15) is 16.8 Å². The number of rotatable bonds is 6. The Bertz CT molecular complexity index is 797. The van der Waals surface area contributed by atoms with Crippen molar-refractivity contribution < 1.29 is 28.9 Å². The Kier molecular flexibility index (Phi) is 7.87. The van der Waals surface area contributed by atoms with Crippen LogP contribution in [0, 0.1) is 0 Å². The third kappa shape index (κ3) is 5.82. The molecule has 2 rings (SSSR count). The van der Waals surface area contributed by atoms with Crippen molar-refractivity contribution in [3.05, 3.63) is 29.8 Å². The van der Waals surface area contributed by atoms with Crippen LogP contribution in [0.4, 0.5) is 10.5 Å². The monoisotopic (exact) mass is 466 g/mol. The molecule has 2 N–H and O–H groups in total.